The summed E-state index contributed by atoms with van der Waals surface area (Å²) in [7, 11) is 1.46. The van der Waals surface area contributed by atoms with Gasteiger partial charge in [-0.15, -0.1) is 24.0 Å². The topological polar surface area (TPSA) is 63.2 Å². The first kappa shape index (κ1) is 23.5. The molecule has 1 aliphatic rings. The van der Waals surface area contributed by atoms with Gasteiger partial charge in [-0.2, -0.15) is 0 Å². The first-order valence-corrected chi connectivity index (χ1v) is 9.50. The third kappa shape index (κ3) is 7.56. The van der Waals surface area contributed by atoms with Crippen molar-refractivity contribution in [1.29, 1.82) is 0 Å². The van der Waals surface area contributed by atoms with Crippen molar-refractivity contribution in [2.24, 2.45) is 10.9 Å². The van der Waals surface area contributed by atoms with Crippen molar-refractivity contribution in [1.82, 2.24) is 10.2 Å². The molecule has 1 aliphatic heterocycles. The van der Waals surface area contributed by atoms with E-state index >= 15 is 0 Å². The first-order chi connectivity index (χ1) is 12.7. The number of guanidine groups is 1. The van der Waals surface area contributed by atoms with E-state index in [4.69, 9.17) is 14.5 Å². The molecule has 0 amide bonds. The van der Waals surface area contributed by atoms with E-state index in [0.29, 0.717) is 6.54 Å². The van der Waals surface area contributed by atoms with Crippen molar-refractivity contribution >= 4 is 35.9 Å². The summed E-state index contributed by atoms with van der Waals surface area (Å²) in [6, 6.07) is 9.86. The van der Waals surface area contributed by atoms with Gasteiger partial charge in [0, 0.05) is 19.6 Å². The van der Waals surface area contributed by atoms with Crippen LogP contribution in [0.1, 0.15) is 33.1 Å². The van der Waals surface area contributed by atoms with Crippen molar-refractivity contribution in [3.8, 4) is 5.75 Å². The number of ether oxygens (including phenoxy) is 2. The number of likely N-dealkylation sites (tertiary alicyclic amines) is 1. The Kier molecular flexibility index (Phi) is 11.2. The maximum Gasteiger partial charge on any atom is 0.308 e. The van der Waals surface area contributed by atoms with Gasteiger partial charge < -0.3 is 19.7 Å². The van der Waals surface area contributed by atoms with Crippen LogP contribution in [-0.2, 0) is 9.53 Å². The second-order valence-corrected chi connectivity index (χ2v) is 6.44. The Labute approximate surface area is 179 Å². The number of nitrogens with one attached hydrogen (secondary N) is 1. The highest BCUT2D eigenvalue weighted by molar-refractivity contribution is 14.0. The molecule has 6 nitrogen and oxygen atoms in total. The van der Waals surface area contributed by atoms with Crippen LogP contribution in [0.5, 0.6) is 5.75 Å². The van der Waals surface area contributed by atoms with Crippen molar-refractivity contribution in [2.75, 3.05) is 33.3 Å². The Morgan fingerprint density at radius 3 is 2.48 bits per heavy atom. The number of piperidine rings is 1. The molecule has 0 saturated carbocycles. The number of carbonyl (C=O) groups is 1. The smallest absolute Gasteiger partial charge is 0.308 e. The van der Waals surface area contributed by atoms with Gasteiger partial charge in [0.2, 0.25) is 0 Å². The van der Waals surface area contributed by atoms with E-state index in [1.807, 2.05) is 30.3 Å². The Morgan fingerprint density at radius 2 is 1.93 bits per heavy atom. The summed E-state index contributed by atoms with van der Waals surface area (Å²) >= 11 is 0. The molecule has 1 fully saturated rings. The van der Waals surface area contributed by atoms with Gasteiger partial charge in [-0.25, -0.2) is 4.99 Å². The molecule has 1 heterocycles. The van der Waals surface area contributed by atoms with E-state index < -0.39 is 0 Å². The predicted molar refractivity (Wildman–Crippen MR) is 119 cm³/mol. The fourth-order valence-electron chi connectivity index (χ4n) is 3.05. The van der Waals surface area contributed by atoms with E-state index in [0.717, 1.165) is 50.6 Å². The Morgan fingerprint density at radius 1 is 1.26 bits per heavy atom. The van der Waals surface area contributed by atoms with Crippen LogP contribution in [0.3, 0.4) is 0 Å². The van der Waals surface area contributed by atoms with E-state index in [-0.39, 0.29) is 42.0 Å². The minimum atomic E-state index is -0.103. The molecule has 0 radical (unpaired) electrons. The van der Waals surface area contributed by atoms with Crippen LogP contribution in [0.15, 0.2) is 35.3 Å². The Bertz CT molecular complexity index is 575. The number of methoxy groups -OCH3 is 1. The third-order valence-corrected chi connectivity index (χ3v) is 4.61. The minimum Gasteiger partial charge on any atom is -0.489 e. The quantitative estimate of drug-likeness (QED) is 0.276. The lowest BCUT2D eigenvalue weighted by Gasteiger charge is -2.33. The van der Waals surface area contributed by atoms with Crippen LogP contribution >= 0.6 is 24.0 Å². The highest BCUT2D eigenvalue weighted by Crippen LogP contribution is 2.19. The second-order valence-electron chi connectivity index (χ2n) is 6.44. The van der Waals surface area contributed by atoms with Crippen molar-refractivity contribution in [3.63, 3.8) is 0 Å². The number of para-hydroxylation sites is 1. The number of nitrogens with zero attached hydrogens (tertiary/aromatic N) is 2. The molecule has 1 aromatic carbocycles. The van der Waals surface area contributed by atoms with Gasteiger partial charge in [0.1, 0.15) is 11.9 Å². The van der Waals surface area contributed by atoms with E-state index in [2.05, 4.69) is 24.1 Å². The highest BCUT2D eigenvalue weighted by Gasteiger charge is 2.27. The zero-order valence-corrected chi connectivity index (χ0v) is 18.8. The Hall–Kier alpha value is -1.51. The molecule has 0 spiro atoms. The zero-order valence-electron chi connectivity index (χ0n) is 16.5. The molecular weight excluding hydrogens is 457 g/mol. The summed E-state index contributed by atoms with van der Waals surface area (Å²) in [5.74, 6) is 1.67. The highest BCUT2D eigenvalue weighted by atomic mass is 127. The van der Waals surface area contributed by atoms with Crippen LogP contribution in [0.25, 0.3) is 0 Å². The molecule has 1 atom stereocenters. The summed E-state index contributed by atoms with van der Waals surface area (Å²) in [6.45, 7) is 7.20. The average molecular weight is 489 g/mol. The van der Waals surface area contributed by atoms with Crippen molar-refractivity contribution in [2.45, 2.75) is 39.2 Å². The van der Waals surface area contributed by atoms with Crippen LogP contribution in [0, 0.1) is 5.92 Å². The zero-order chi connectivity index (χ0) is 18.8. The number of hydrogen-bond donors (Lipinski definition) is 1. The van der Waals surface area contributed by atoms with Gasteiger partial charge in [0.15, 0.2) is 5.96 Å². The summed E-state index contributed by atoms with van der Waals surface area (Å²) in [4.78, 5) is 18.7. The molecule has 7 heteroatoms. The van der Waals surface area contributed by atoms with E-state index in [9.17, 15) is 4.79 Å². The summed E-state index contributed by atoms with van der Waals surface area (Å²) in [5, 5.41) is 3.36. The molecule has 1 aromatic rings. The van der Waals surface area contributed by atoms with Crippen LogP contribution in [0.2, 0.25) is 0 Å². The number of carbonyl (C=O) groups excluding carboxylic acids is 1. The number of halogens is 1. The monoisotopic (exact) mass is 489 g/mol. The number of esters is 1. The van der Waals surface area contributed by atoms with Crippen LogP contribution in [-0.4, -0.2) is 56.2 Å². The fourth-order valence-corrected chi connectivity index (χ4v) is 3.05. The maximum absolute atomic E-state index is 11.7. The van der Waals surface area contributed by atoms with E-state index in [1.165, 1.54) is 7.11 Å². The van der Waals surface area contributed by atoms with Crippen LogP contribution in [0.4, 0.5) is 0 Å². The number of benzene rings is 1. The molecule has 0 aliphatic carbocycles. The molecule has 0 aromatic heterocycles. The minimum absolute atomic E-state index is 0. The first-order valence-electron chi connectivity index (χ1n) is 9.50. The SMILES string of the molecule is CCNC(=NCC(CC)Oc1ccccc1)N1CCC(C(=O)OC)CC1.I. The van der Waals surface area contributed by atoms with Gasteiger partial charge in [-0.3, -0.25) is 4.79 Å². The molecule has 1 unspecified atom stereocenters. The molecule has 27 heavy (non-hydrogen) atoms. The molecule has 0 bridgehead atoms. The van der Waals surface area contributed by atoms with Crippen LogP contribution < -0.4 is 10.1 Å². The summed E-state index contributed by atoms with van der Waals surface area (Å²) < 4.78 is 10.9. The lowest BCUT2D eigenvalue weighted by molar-refractivity contribution is -0.146. The van der Waals surface area contributed by atoms with Crippen molar-refractivity contribution < 1.29 is 14.3 Å². The Balaban J connectivity index is 0.00000364. The summed E-state index contributed by atoms with van der Waals surface area (Å²) in [6.07, 6.45) is 2.53. The lowest BCUT2D eigenvalue weighted by atomic mass is 9.97. The van der Waals surface area contributed by atoms with E-state index in [1.54, 1.807) is 0 Å². The predicted octanol–water partition coefficient (Wildman–Crippen LogP) is 3.31. The molecule has 1 N–H and O–H groups in total. The third-order valence-electron chi connectivity index (χ3n) is 4.61. The molecular formula is C20H32IN3O3. The maximum atomic E-state index is 11.7. The number of aliphatic imine (C=N–C) groups is 1. The molecule has 2 rings (SSSR count). The number of hydrogen-bond acceptors (Lipinski definition) is 4. The molecule has 152 valence electrons. The lowest BCUT2D eigenvalue weighted by Crippen LogP contribution is -2.47. The number of rotatable bonds is 7. The molecule has 1 saturated heterocycles. The van der Waals surface area contributed by atoms with Gasteiger partial charge in [0.25, 0.3) is 0 Å². The van der Waals surface area contributed by atoms with Crippen molar-refractivity contribution in [3.05, 3.63) is 30.3 Å². The largest absolute Gasteiger partial charge is 0.489 e. The van der Waals surface area contributed by atoms with Gasteiger partial charge in [-0.05, 0) is 38.3 Å². The van der Waals surface area contributed by atoms with Gasteiger partial charge in [-0.1, -0.05) is 25.1 Å². The second kappa shape index (κ2) is 12.8. The normalized spacial score (nSPS) is 16.3. The summed E-state index contributed by atoms with van der Waals surface area (Å²) in [5.41, 5.74) is 0. The average Bonchev–Trinajstić information content (AvgIpc) is 2.70. The van der Waals surface area contributed by atoms with Gasteiger partial charge in [0.05, 0.1) is 19.6 Å². The standard InChI is InChI=1S/C20H31N3O3.HI/c1-4-17(26-18-9-7-6-8-10-18)15-22-20(21-5-2)23-13-11-16(12-14-23)19(24)25-3;/h6-10,16-17H,4-5,11-15H2,1-3H3,(H,21,22);1H. The fraction of sp³-hybridized carbons (Fsp3) is 0.600. The van der Waals surface area contributed by atoms with Gasteiger partial charge >= 0.3 is 5.97 Å².